The average Bonchev–Trinajstić information content (AvgIpc) is 1.85. The molecule has 0 spiro atoms. The van der Waals surface area contributed by atoms with E-state index in [1.807, 2.05) is 0 Å². The molecule has 0 aromatic rings. The lowest BCUT2D eigenvalue weighted by atomic mass is 9.80. The second kappa shape index (κ2) is 5.75. The number of nitrogens with zero attached hydrogens (tertiary/aromatic N) is 1. The van der Waals surface area contributed by atoms with Crippen molar-refractivity contribution in [2.24, 2.45) is 17.6 Å². The van der Waals surface area contributed by atoms with Crippen molar-refractivity contribution in [3.05, 3.63) is 10.1 Å². The summed E-state index contributed by atoms with van der Waals surface area (Å²) in [6.45, 7) is 10.8. The molecule has 0 bridgehead atoms. The Balaban J connectivity index is 0. The average molecular weight is 192 g/mol. The van der Waals surface area contributed by atoms with Crippen LogP contribution in [0.1, 0.15) is 34.6 Å². The van der Waals surface area contributed by atoms with Gasteiger partial charge in [0.1, 0.15) is 0 Å². The van der Waals surface area contributed by atoms with Crippen molar-refractivity contribution in [3.8, 4) is 0 Å². The standard InChI is InChI=1S/C8H19N.HNO3/c1-6(2)8(5,9)7(3)4;2-1(3)4/h6-7H,9H2,1-5H3;(H,2,3,4). The lowest BCUT2D eigenvalue weighted by Gasteiger charge is -2.33. The summed E-state index contributed by atoms with van der Waals surface area (Å²) in [7, 11) is 0. The van der Waals surface area contributed by atoms with Gasteiger partial charge in [-0.15, -0.1) is 10.1 Å². The van der Waals surface area contributed by atoms with Gasteiger partial charge in [0, 0.05) is 5.54 Å². The van der Waals surface area contributed by atoms with Gasteiger partial charge in [0.2, 0.25) is 0 Å². The van der Waals surface area contributed by atoms with Crippen LogP contribution < -0.4 is 5.73 Å². The van der Waals surface area contributed by atoms with E-state index >= 15 is 0 Å². The van der Waals surface area contributed by atoms with Crippen LogP contribution in [0.25, 0.3) is 0 Å². The van der Waals surface area contributed by atoms with Crippen molar-refractivity contribution >= 4 is 0 Å². The fraction of sp³-hybridized carbons (Fsp3) is 1.00. The molecule has 0 fully saturated rings. The molecule has 80 valence electrons. The summed E-state index contributed by atoms with van der Waals surface area (Å²) in [4.78, 5) is 8.36. The highest BCUT2D eigenvalue weighted by molar-refractivity contribution is 4.84. The fourth-order valence-electron chi connectivity index (χ4n) is 0.667. The normalized spacial score (nSPS) is 11.1. The molecule has 0 unspecified atom stereocenters. The predicted molar refractivity (Wildman–Crippen MR) is 51.0 cm³/mol. The van der Waals surface area contributed by atoms with Crippen molar-refractivity contribution in [3.63, 3.8) is 0 Å². The maximum atomic E-state index is 8.36. The fourth-order valence-corrected chi connectivity index (χ4v) is 0.667. The quantitative estimate of drug-likeness (QED) is 0.514. The zero-order valence-corrected chi connectivity index (χ0v) is 8.94. The number of rotatable bonds is 2. The molecule has 5 nitrogen and oxygen atoms in total. The summed E-state index contributed by atoms with van der Waals surface area (Å²) in [5.41, 5.74) is 6.00. The Morgan fingerprint density at radius 3 is 1.46 bits per heavy atom. The van der Waals surface area contributed by atoms with Crippen LogP contribution in [0.15, 0.2) is 0 Å². The highest BCUT2D eigenvalue weighted by Crippen LogP contribution is 2.21. The van der Waals surface area contributed by atoms with E-state index in [2.05, 4.69) is 34.6 Å². The second-order valence-electron chi connectivity index (χ2n) is 3.91. The summed E-state index contributed by atoms with van der Waals surface area (Å²) in [5.74, 6) is 1.13. The molecule has 0 saturated heterocycles. The van der Waals surface area contributed by atoms with E-state index in [0.717, 1.165) is 0 Å². The largest absolute Gasteiger partial charge is 0.328 e. The van der Waals surface area contributed by atoms with Crippen molar-refractivity contribution in [2.45, 2.75) is 40.2 Å². The van der Waals surface area contributed by atoms with E-state index in [0.29, 0.717) is 11.8 Å². The number of hydrogen-bond acceptors (Lipinski definition) is 3. The Kier molecular flexibility index (Phi) is 6.48. The van der Waals surface area contributed by atoms with E-state index in [-0.39, 0.29) is 5.54 Å². The molecule has 0 rings (SSSR count). The first-order valence-corrected chi connectivity index (χ1v) is 4.24. The van der Waals surface area contributed by atoms with E-state index in [9.17, 15) is 0 Å². The van der Waals surface area contributed by atoms with Crippen molar-refractivity contribution in [2.75, 3.05) is 0 Å². The lowest BCUT2D eigenvalue weighted by Crippen LogP contribution is -2.46. The maximum Gasteiger partial charge on any atom is 0.291 e. The number of hydrogen-bond donors (Lipinski definition) is 2. The molecule has 0 aliphatic rings. The molecule has 5 heteroatoms. The van der Waals surface area contributed by atoms with Crippen LogP contribution in [0.5, 0.6) is 0 Å². The summed E-state index contributed by atoms with van der Waals surface area (Å²) < 4.78 is 0. The smallest absolute Gasteiger partial charge is 0.291 e. The first-order valence-electron chi connectivity index (χ1n) is 4.24. The molecule has 0 aliphatic carbocycles. The summed E-state index contributed by atoms with van der Waals surface area (Å²) in [6, 6.07) is 0. The van der Waals surface area contributed by atoms with Gasteiger partial charge in [0.15, 0.2) is 0 Å². The third-order valence-electron chi connectivity index (χ3n) is 2.49. The Labute approximate surface area is 79.0 Å². The topological polar surface area (TPSA) is 89.4 Å². The minimum atomic E-state index is -1.50. The molecular weight excluding hydrogens is 172 g/mol. The summed E-state index contributed by atoms with van der Waals surface area (Å²) in [5, 5.41) is 13.6. The van der Waals surface area contributed by atoms with Gasteiger partial charge in [0.05, 0.1) is 0 Å². The summed E-state index contributed by atoms with van der Waals surface area (Å²) >= 11 is 0. The molecule has 13 heavy (non-hydrogen) atoms. The van der Waals surface area contributed by atoms with Crippen LogP contribution in [-0.2, 0) is 0 Å². The maximum absolute atomic E-state index is 8.36. The van der Waals surface area contributed by atoms with Gasteiger partial charge in [-0.3, -0.25) is 0 Å². The predicted octanol–water partition coefficient (Wildman–Crippen LogP) is 1.67. The van der Waals surface area contributed by atoms with Crippen LogP contribution >= 0.6 is 0 Å². The Morgan fingerprint density at radius 2 is 1.46 bits per heavy atom. The van der Waals surface area contributed by atoms with E-state index in [4.69, 9.17) is 21.1 Å². The Bertz CT molecular complexity index is 141. The number of nitrogens with two attached hydrogens (primary N) is 1. The second-order valence-corrected chi connectivity index (χ2v) is 3.91. The van der Waals surface area contributed by atoms with Gasteiger partial charge in [-0.25, -0.2) is 0 Å². The minimum absolute atomic E-state index is 0.000000000000000222. The molecule has 0 heterocycles. The molecule has 0 radical (unpaired) electrons. The third kappa shape index (κ3) is 7.52. The van der Waals surface area contributed by atoms with Crippen LogP contribution in [-0.4, -0.2) is 15.8 Å². The molecule has 0 saturated carbocycles. The molecule has 0 aromatic heterocycles. The van der Waals surface area contributed by atoms with E-state index in [1.54, 1.807) is 0 Å². The lowest BCUT2D eigenvalue weighted by molar-refractivity contribution is -0.742. The van der Waals surface area contributed by atoms with Crippen molar-refractivity contribution in [1.82, 2.24) is 0 Å². The first-order chi connectivity index (χ1) is 5.62. The first kappa shape index (κ1) is 14.7. The van der Waals surface area contributed by atoms with Crippen molar-refractivity contribution in [1.29, 1.82) is 0 Å². The van der Waals surface area contributed by atoms with E-state index < -0.39 is 5.09 Å². The van der Waals surface area contributed by atoms with Crippen molar-refractivity contribution < 1.29 is 10.3 Å². The zero-order valence-electron chi connectivity index (χ0n) is 8.94. The van der Waals surface area contributed by atoms with Gasteiger partial charge in [-0.05, 0) is 18.8 Å². The highest BCUT2D eigenvalue weighted by Gasteiger charge is 2.26. The minimum Gasteiger partial charge on any atom is -0.328 e. The monoisotopic (exact) mass is 192 g/mol. The van der Waals surface area contributed by atoms with Gasteiger partial charge in [-0.2, -0.15) is 0 Å². The SMILES string of the molecule is CC(C)C(C)(N)C(C)C.O=[N+]([O-])O. The van der Waals surface area contributed by atoms with Gasteiger partial charge in [-0.1, -0.05) is 27.7 Å². The van der Waals surface area contributed by atoms with Crippen LogP contribution in [0.4, 0.5) is 0 Å². The van der Waals surface area contributed by atoms with Gasteiger partial charge >= 0.3 is 0 Å². The Morgan fingerprint density at radius 1 is 1.31 bits per heavy atom. The van der Waals surface area contributed by atoms with Gasteiger partial charge < -0.3 is 10.9 Å². The summed E-state index contributed by atoms with van der Waals surface area (Å²) in [6.07, 6.45) is 0. The molecular formula is C8H20N2O3. The zero-order chi connectivity index (χ0) is 11.2. The van der Waals surface area contributed by atoms with Gasteiger partial charge in [0.25, 0.3) is 5.09 Å². The van der Waals surface area contributed by atoms with Crippen LogP contribution in [0.2, 0.25) is 0 Å². The Hall–Kier alpha value is -0.840. The molecule has 0 aromatic carbocycles. The van der Waals surface area contributed by atoms with E-state index in [1.165, 1.54) is 0 Å². The molecule has 0 atom stereocenters. The third-order valence-corrected chi connectivity index (χ3v) is 2.49. The van der Waals surface area contributed by atoms with Crippen LogP contribution in [0.3, 0.4) is 0 Å². The molecule has 0 aliphatic heterocycles. The molecule has 0 amide bonds. The van der Waals surface area contributed by atoms with Crippen LogP contribution in [0, 0.1) is 22.0 Å². The molecule has 3 N–H and O–H groups in total. The highest BCUT2D eigenvalue weighted by atomic mass is 16.9.